The molecule has 1 aliphatic carbocycles. The van der Waals surface area contributed by atoms with E-state index < -0.39 is 6.36 Å². The van der Waals surface area contributed by atoms with Crippen LogP contribution in [0.1, 0.15) is 37.2 Å². The average molecular weight is 323 g/mol. The fourth-order valence-electron chi connectivity index (χ4n) is 2.40. The minimum Gasteiger partial charge on any atom is -0.406 e. The van der Waals surface area contributed by atoms with Crippen LogP contribution in [-0.2, 0) is 0 Å². The molecule has 0 radical (unpaired) electrons. The minimum atomic E-state index is -4.63. The van der Waals surface area contributed by atoms with Crippen LogP contribution in [0.5, 0.6) is 5.75 Å². The molecule has 0 aromatic heterocycles. The van der Waals surface area contributed by atoms with Gasteiger partial charge in [0.15, 0.2) is 0 Å². The van der Waals surface area contributed by atoms with Gasteiger partial charge in [-0.25, -0.2) is 0 Å². The number of hydrogen-bond donors (Lipinski definition) is 0. The van der Waals surface area contributed by atoms with Crippen molar-refractivity contribution < 1.29 is 17.9 Å². The molecule has 0 N–H and O–H groups in total. The van der Waals surface area contributed by atoms with E-state index in [1.54, 1.807) is 6.07 Å². The smallest absolute Gasteiger partial charge is 0.406 e. The van der Waals surface area contributed by atoms with Crippen molar-refractivity contribution in [3.8, 4) is 5.75 Å². The molecule has 1 aromatic rings. The summed E-state index contributed by atoms with van der Waals surface area (Å²) in [4.78, 5) is 0.340. The first-order valence-electron chi connectivity index (χ1n) is 5.95. The maximum Gasteiger partial charge on any atom is 0.573 e. The van der Waals surface area contributed by atoms with Gasteiger partial charge in [-0.1, -0.05) is 40.9 Å². The van der Waals surface area contributed by atoms with Gasteiger partial charge in [-0.2, -0.15) is 0 Å². The third-order valence-electron chi connectivity index (χ3n) is 3.20. The van der Waals surface area contributed by atoms with E-state index >= 15 is 0 Å². The Morgan fingerprint density at radius 3 is 2.56 bits per heavy atom. The van der Waals surface area contributed by atoms with Crippen molar-refractivity contribution in [1.29, 1.82) is 0 Å². The quantitative estimate of drug-likeness (QED) is 0.696. The Hall–Kier alpha value is -0.710. The molecule has 18 heavy (non-hydrogen) atoms. The van der Waals surface area contributed by atoms with Gasteiger partial charge < -0.3 is 4.74 Å². The first-order chi connectivity index (χ1) is 8.46. The van der Waals surface area contributed by atoms with Gasteiger partial charge in [0.25, 0.3) is 0 Å². The lowest BCUT2D eigenvalue weighted by Crippen LogP contribution is -2.19. The zero-order valence-corrected chi connectivity index (χ0v) is 11.3. The molecule has 0 spiro atoms. The fourth-order valence-corrected chi connectivity index (χ4v) is 3.30. The summed E-state index contributed by atoms with van der Waals surface area (Å²) in [6.45, 7) is 0. The molecule has 1 saturated carbocycles. The van der Waals surface area contributed by atoms with Crippen LogP contribution in [0.25, 0.3) is 0 Å². The van der Waals surface area contributed by atoms with Gasteiger partial charge in [-0.05, 0) is 36.5 Å². The van der Waals surface area contributed by atoms with Crippen molar-refractivity contribution >= 4 is 15.9 Å². The summed E-state index contributed by atoms with van der Waals surface area (Å²) in [5.74, 6) is 0.140. The summed E-state index contributed by atoms with van der Waals surface area (Å²) in [5, 5.41) is 0. The van der Waals surface area contributed by atoms with Crippen LogP contribution in [0.2, 0.25) is 0 Å². The van der Waals surface area contributed by atoms with Crippen molar-refractivity contribution in [2.24, 2.45) is 0 Å². The van der Waals surface area contributed by atoms with E-state index in [0.29, 0.717) is 4.83 Å². The normalized spacial score (nSPS) is 24.9. The molecule has 2 unspecified atom stereocenters. The average Bonchev–Trinajstić information content (AvgIpc) is 2.27. The van der Waals surface area contributed by atoms with Gasteiger partial charge in [0.2, 0.25) is 0 Å². The minimum absolute atomic E-state index is 0.134. The number of hydrogen-bond acceptors (Lipinski definition) is 1. The zero-order valence-electron chi connectivity index (χ0n) is 9.71. The van der Waals surface area contributed by atoms with Gasteiger partial charge in [0, 0.05) is 4.83 Å². The lowest BCUT2D eigenvalue weighted by Gasteiger charge is -2.28. The Kier molecular flexibility index (Phi) is 4.20. The summed E-state index contributed by atoms with van der Waals surface area (Å²) in [6.07, 6.45) is -0.262. The van der Waals surface area contributed by atoms with Crippen molar-refractivity contribution in [2.75, 3.05) is 0 Å². The number of ether oxygens (including phenoxy) is 1. The molecule has 2 atom stereocenters. The zero-order chi connectivity index (χ0) is 13.2. The number of benzene rings is 1. The van der Waals surface area contributed by atoms with Crippen LogP contribution < -0.4 is 4.74 Å². The predicted molar refractivity (Wildman–Crippen MR) is 67.0 cm³/mol. The standard InChI is InChI=1S/C13H14BrF3O/c14-12-7-2-1-6-11(12)9-4-3-5-10(8-9)18-13(15,16)17/h3-5,8,11-12H,1-2,6-7H2. The SMILES string of the molecule is FC(F)(F)Oc1cccc(C2CCCCC2Br)c1. The van der Waals surface area contributed by atoms with Crippen LogP contribution in [0.3, 0.4) is 0 Å². The molecule has 0 saturated heterocycles. The van der Waals surface area contributed by atoms with E-state index in [0.717, 1.165) is 24.8 Å². The highest BCUT2D eigenvalue weighted by atomic mass is 79.9. The second-order valence-electron chi connectivity index (χ2n) is 4.53. The topological polar surface area (TPSA) is 9.23 Å². The van der Waals surface area contributed by atoms with Crippen molar-refractivity contribution in [3.05, 3.63) is 29.8 Å². The maximum absolute atomic E-state index is 12.2. The van der Waals surface area contributed by atoms with E-state index in [-0.39, 0.29) is 11.7 Å². The first-order valence-corrected chi connectivity index (χ1v) is 6.87. The van der Waals surface area contributed by atoms with Crippen LogP contribution in [0.15, 0.2) is 24.3 Å². The largest absolute Gasteiger partial charge is 0.573 e. The van der Waals surface area contributed by atoms with E-state index in [1.807, 2.05) is 6.07 Å². The Morgan fingerprint density at radius 2 is 1.89 bits per heavy atom. The Bertz CT molecular complexity index is 405. The molecule has 1 fully saturated rings. The molecule has 5 heteroatoms. The summed E-state index contributed by atoms with van der Waals surface area (Å²) in [7, 11) is 0. The molecule has 1 aromatic carbocycles. The van der Waals surface area contributed by atoms with E-state index in [1.165, 1.54) is 18.6 Å². The molecule has 1 aliphatic rings. The maximum atomic E-state index is 12.2. The van der Waals surface area contributed by atoms with Gasteiger partial charge in [0.1, 0.15) is 5.75 Å². The highest BCUT2D eigenvalue weighted by Gasteiger charge is 2.31. The highest BCUT2D eigenvalue weighted by molar-refractivity contribution is 9.09. The predicted octanol–water partition coefficient (Wildman–Crippen LogP) is 5.01. The summed E-state index contributed by atoms with van der Waals surface area (Å²) < 4.78 is 40.4. The first kappa shape index (κ1) is 13.7. The van der Waals surface area contributed by atoms with Crippen molar-refractivity contribution in [2.45, 2.75) is 42.8 Å². The second-order valence-corrected chi connectivity index (χ2v) is 5.70. The molecule has 100 valence electrons. The number of alkyl halides is 4. The van der Waals surface area contributed by atoms with Crippen molar-refractivity contribution in [3.63, 3.8) is 0 Å². The number of rotatable bonds is 2. The highest BCUT2D eigenvalue weighted by Crippen LogP contribution is 2.38. The summed E-state index contributed by atoms with van der Waals surface area (Å²) >= 11 is 3.61. The number of halogens is 4. The molecule has 0 bridgehead atoms. The van der Waals surface area contributed by atoms with Gasteiger partial charge in [-0.3, -0.25) is 0 Å². The van der Waals surface area contributed by atoms with Crippen molar-refractivity contribution in [1.82, 2.24) is 0 Å². The van der Waals surface area contributed by atoms with Gasteiger partial charge in [-0.15, -0.1) is 13.2 Å². The lowest BCUT2D eigenvalue weighted by atomic mass is 9.84. The Morgan fingerprint density at radius 1 is 1.17 bits per heavy atom. The van der Waals surface area contributed by atoms with Crippen LogP contribution in [0, 0.1) is 0 Å². The molecule has 0 aliphatic heterocycles. The second kappa shape index (κ2) is 5.51. The van der Waals surface area contributed by atoms with Crippen LogP contribution in [-0.4, -0.2) is 11.2 Å². The van der Waals surface area contributed by atoms with E-state index in [9.17, 15) is 13.2 Å². The monoisotopic (exact) mass is 322 g/mol. The van der Waals surface area contributed by atoms with Crippen LogP contribution in [0.4, 0.5) is 13.2 Å². The van der Waals surface area contributed by atoms with E-state index in [4.69, 9.17) is 0 Å². The Labute approximate surface area is 112 Å². The molecular formula is C13H14BrF3O. The molecule has 0 amide bonds. The third-order valence-corrected chi connectivity index (χ3v) is 4.30. The lowest BCUT2D eigenvalue weighted by molar-refractivity contribution is -0.274. The van der Waals surface area contributed by atoms with E-state index in [2.05, 4.69) is 20.7 Å². The van der Waals surface area contributed by atoms with Gasteiger partial charge >= 0.3 is 6.36 Å². The fraction of sp³-hybridized carbons (Fsp3) is 0.538. The molecule has 0 heterocycles. The molecule has 2 rings (SSSR count). The van der Waals surface area contributed by atoms with Gasteiger partial charge in [0.05, 0.1) is 0 Å². The molecular weight excluding hydrogens is 309 g/mol. The summed E-state index contributed by atoms with van der Waals surface area (Å²) in [5.41, 5.74) is 0.915. The summed E-state index contributed by atoms with van der Waals surface area (Å²) in [6, 6.07) is 6.32. The third kappa shape index (κ3) is 3.64. The molecule has 1 nitrogen and oxygen atoms in total. The Balaban J connectivity index is 2.16. The van der Waals surface area contributed by atoms with Crippen LogP contribution >= 0.6 is 15.9 Å².